The van der Waals surface area contributed by atoms with Gasteiger partial charge in [-0.3, -0.25) is 4.55 Å². The predicted molar refractivity (Wildman–Crippen MR) is 84.7 cm³/mol. The van der Waals surface area contributed by atoms with Gasteiger partial charge in [-0.15, -0.1) is 0 Å². The van der Waals surface area contributed by atoms with Crippen molar-refractivity contribution in [3.63, 3.8) is 0 Å². The predicted octanol–water partition coefficient (Wildman–Crippen LogP) is 4.21. The summed E-state index contributed by atoms with van der Waals surface area (Å²) in [6.07, 6.45) is -32.1. The van der Waals surface area contributed by atoms with Gasteiger partial charge in [0.1, 0.15) is 11.3 Å². The van der Waals surface area contributed by atoms with Crippen molar-refractivity contribution in [2.75, 3.05) is 6.61 Å². The highest BCUT2D eigenvalue weighted by molar-refractivity contribution is 7.85. The quantitative estimate of drug-likeness (QED) is 0.291. The van der Waals surface area contributed by atoms with Crippen LogP contribution in [0.1, 0.15) is 16.8 Å². The van der Waals surface area contributed by atoms with Gasteiger partial charge in [-0.25, -0.2) is 4.79 Å². The molecule has 0 aliphatic heterocycles. The molecule has 0 bridgehead atoms. The Morgan fingerprint density at radius 3 is 1.71 bits per heavy atom. The zero-order valence-electron chi connectivity index (χ0n) is 16.1. The monoisotopic (exact) mass is 562 g/mol. The van der Waals surface area contributed by atoms with E-state index in [4.69, 9.17) is 9.66 Å². The van der Waals surface area contributed by atoms with Crippen LogP contribution in [0.5, 0.6) is 5.75 Å². The first-order valence-corrected chi connectivity index (χ1v) is 9.71. The molecule has 0 spiro atoms. The van der Waals surface area contributed by atoms with E-state index in [9.17, 15) is 65.9 Å². The fourth-order valence-corrected chi connectivity index (χ4v) is 2.70. The first kappa shape index (κ1) is 30.6. The molecule has 202 valence electrons. The highest BCUT2D eigenvalue weighted by atomic mass is 32.2. The van der Waals surface area contributed by atoms with Crippen LogP contribution >= 0.6 is 0 Å². The first-order valence-electron chi connectivity index (χ1n) is 8.27. The van der Waals surface area contributed by atoms with Gasteiger partial charge in [0.25, 0.3) is 21.8 Å². The Balaban J connectivity index is 3.38. The number of halogens is 12. The Morgan fingerprint density at radius 1 is 0.886 bits per heavy atom. The average Bonchev–Trinajstić information content (AvgIpc) is 2.61. The second kappa shape index (κ2) is 9.52. The van der Waals surface area contributed by atoms with Crippen LogP contribution in [0.3, 0.4) is 0 Å². The van der Waals surface area contributed by atoms with Crippen molar-refractivity contribution in [2.45, 2.75) is 47.7 Å². The molecule has 0 aliphatic carbocycles. The maximum absolute atomic E-state index is 12.7. The summed E-state index contributed by atoms with van der Waals surface area (Å²) in [5.41, 5.74) is -7.10. The summed E-state index contributed by atoms with van der Waals surface area (Å²) in [6, 6.07) is 0.0553. The van der Waals surface area contributed by atoms with E-state index in [0.717, 1.165) is 0 Å². The van der Waals surface area contributed by atoms with Crippen LogP contribution in [0, 0.1) is 0 Å². The lowest BCUT2D eigenvalue weighted by molar-refractivity contribution is -0.371. The largest absolute Gasteiger partial charge is 0.470 e. The van der Waals surface area contributed by atoms with Crippen molar-refractivity contribution in [3.8, 4) is 5.75 Å². The average molecular weight is 562 g/mol. The lowest BCUT2D eigenvalue weighted by atomic mass is 9.99. The molecule has 0 radical (unpaired) electrons. The molecule has 0 heterocycles. The van der Waals surface area contributed by atoms with Gasteiger partial charge >= 0.3 is 30.7 Å². The summed E-state index contributed by atoms with van der Waals surface area (Å²) in [5.74, 6) is -3.98. The third-order valence-corrected chi connectivity index (χ3v) is 4.79. The van der Waals surface area contributed by atoms with Crippen LogP contribution in [0.15, 0.2) is 23.1 Å². The lowest BCUT2D eigenvalue weighted by Gasteiger charge is -2.32. The maximum atomic E-state index is 12.7. The number of rotatable bonds is 7. The van der Waals surface area contributed by atoms with E-state index in [0.29, 0.717) is 0 Å². The van der Waals surface area contributed by atoms with Gasteiger partial charge in [-0.2, -0.15) is 61.1 Å². The summed E-state index contributed by atoms with van der Waals surface area (Å²) in [4.78, 5) is 10.7. The molecule has 20 heteroatoms. The third kappa shape index (κ3) is 7.26. The zero-order chi connectivity index (χ0) is 27.8. The second-order valence-electron chi connectivity index (χ2n) is 6.46. The Bertz CT molecular complexity index is 997. The zero-order valence-corrected chi connectivity index (χ0v) is 16.9. The SMILES string of the molecule is O=C(OCCC(O)(C(F)(F)F)C(F)(F)F)c1cc(S(=O)(=O)O)ccc1OC(C(F)(F)F)C(F)(F)F. The number of carbonyl (C=O) groups excluding carboxylic acids is 1. The summed E-state index contributed by atoms with van der Waals surface area (Å²) in [7, 11) is -5.29. The van der Waals surface area contributed by atoms with Crippen molar-refractivity contribution in [2.24, 2.45) is 0 Å². The molecule has 0 aliphatic rings. The molecule has 0 aromatic heterocycles. The number of carbonyl (C=O) groups is 1. The Morgan fingerprint density at radius 2 is 1.34 bits per heavy atom. The highest BCUT2D eigenvalue weighted by Crippen LogP contribution is 2.45. The van der Waals surface area contributed by atoms with Crippen molar-refractivity contribution in [1.82, 2.24) is 0 Å². The first-order chi connectivity index (χ1) is 15.3. The topological polar surface area (TPSA) is 110 Å². The fourth-order valence-electron chi connectivity index (χ4n) is 2.19. The highest BCUT2D eigenvalue weighted by Gasteiger charge is 2.70. The molecular formula is C15H10F12O7S. The van der Waals surface area contributed by atoms with Gasteiger partial charge < -0.3 is 14.6 Å². The molecule has 0 unspecified atom stereocenters. The van der Waals surface area contributed by atoms with Crippen LogP contribution < -0.4 is 4.74 Å². The number of hydrogen-bond acceptors (Lipinski definition) is 6. The molecule has 2 N–H and O–H groups in total. The normalized spacial score (nSPS) is 14.3. The van der Waals surface area contributed by atoms with Gasteiger partial charge in [0.15, 0.2) is 0 Å². The number of benzene rings is 1. The molecule has 7 nitrogen and oxygen atoms in total. The number of aliphatic hydroxyl groups is 1. The smallest absolute Gasteiger partial charge is 0.434 e. The van der Waals surface area contributed by atoms with Crippen LogP contribution in [0.2, 0.25) is 0 Å². The Kier molecular flexibility index (Phi) is 8.31. The molecule has 1 aromatic carbocycles. The van der Waals surface area contributed by atoms with Gasteiger partial charge in [-0.05, 0) is 18.2 Å². The minimum Gasteiger partial charge on any atom is -0.470 e. The molecule has 1 rings (SSSR count). The molecule has 0 saturated carbocycles. The number of alkyl halides is 12. The summed E-state index contributed by atoms with van der Waals surface area (Å²) in [6.45, 7) is -1.97. The van der Waals surface area contributed by atoms with Crippen molar-refractivity contribution < 1.29 is 85.0 Å². The number of ether oxygens (including phenoxy) is 2. The minimum absolute atomic E-state index is 0.00590. The van der Waals surface area contributed by atoms with Crippen molar-refractivity contribution >= 4 is 16.1 Å². The molecule has 0 amide bonds. The van der Waals surface area contributed by atoms with Crippen LogP contribution in [0.25, 0.3) is 0 Å². The van der Waals surface area contributed by atoms with E-state index in [-0.39, 0.29) is 18.2 Å². The third-order valence-electron chi connectivity index (χ3n) is 3.94. The number of esters is 1. The Hall–Kier alpha value is -2.48. The fraction of sp³-hybridized carbons (Fsp3) is 0.533. The van der Waals surface area contributed by atoms with Gasteiger partial charge in [0.2, 0.25) is 0 Å². The standard InChI is InChI=1S/C15H10F12O7S/c16-12(17,18)10(13(19,20)21)34-8-2-1-6(35(30,31)32)5-7(8)9(28)33-4-3-11(29,14(22,23)24)15(25,26)27/h1-2,5,10,29H,3-4H2,(H,30,31,32). The molecule has 1 aromatic rings. The molecule has 0 saturated heterocycles. The number of hydrogen-bond donors (Lipinski definition) is 2. The van der Waals surface area contributed by atoms with E-state index in [1.54, 1.807) is 0 Å². The molecule has 0 fully saturated rings. The van der Waals surface area contributed by atoms with E-state index in [1.807, 2.05) is 0 Å². The summed E-state index contributed by atoms with van der Waals surface area (Å²) in [5, 5.41) is 8.94. The molecule has 0 atom stereocenters. The van der Waals surface area contributed by atoms with Crippen molar-refractivity contribution in [3.05, 3.63) is 23.8 Å². The minimum atomic E-state index is -6.36. The van der Waals surface area contributed by atoms with Gasteiger partial charge in [0.05, 0.1) is 11.5 Å². The summed E-state index contributed by atoms with van der Waals surface area (Å²) >= 11 is 0. The van der Waals surface area contributed by atoms with E-state index < -0.39 is 81.7 Å². The van der Waals surface area contributed by atoms with E-state index >= 15 is 0 Å². The van der Waals surface area contributed by atoms with E-state index in [2.05, 4.69) is 9.47 Å². The van der Waals surface area contributed by atoms with Crippen LogP contribution in [-0.2, 0) is 14.9 Å². The maximum Gasteiger partial charge on any atom is 0.434 e. The molecule has 35 heavy (non-hydrogen) atoms. The van der Waals surface area contributed by atoms with Crippen LogP contribution in [-0.4, -0.2) is 67.1 Å². The summed E-state index contributed by atoms with van der Waals surface area (Å²) < 4.78 is 191. The Labute approximate surface area is 186 Å². The van der Waals surface area contributed by atoms with Crippen molar-refractivity contribution in [1.29, 1.82) is 0 Å². The molecular weight excluding hydrogens is 552 g/mol. The lowest BCUT2D eigenvalue weighted by Crippen LogP contribution is -2.57. The van der Waals surface area contributed by atoms with E-state index in [1.165, 1.54) is 0 Å². The van der Waals surface area contributed by atoms with Gasteiger partial charge in [-0.1, -0.05) is 0 Å². The van der Waals surface area contributed by atoms with Crippen LogP contribution in [0.4, 0.5) is 52.7 Å². The van der Waals surface area contributed by atoms with Gasteiger partial charge in [0, 0.05) is 6.42 Å². The second-order valence-corrected chi connectivity index (χ2v) is 7.88.